The summed E-state index contributed by atoms with van der Waals surface area (Å²) >= 11 is 0. The third kappa shape index (κ3) is 3.93. The Kier molecular flexibility index (Phi) is 5.56. The van der Waals surface area contributed by atoms with Crippen LogP contribution < -0.4 is 0 Å². The van der Waals surface area contributed by atoms with Gasteiger partial charge in [-0.15, -0.1) is 0 Å². The number of methoxy groups -OCH3 is 1. The average molecular weight is 258 g/mol. The van der Waals surface area contributed by atoms with Gasteiger partial charge in [0.05, 0.1) is 7.11 Å². The van der Waals surface area contributed by atoms with Crippen molar-refractivity contribution in [3.8, 4) is 0 Å². The molecular formula is C13H26N2O3. The van der Waals surface area contributed by atoms with Gasteiger partial charge >= 0.3 is 5.97 Å². The van der Waals surface area contributed by atoms with Gasteiger partial charge in [0, 0.05) is 19.1 Å². The van der Waals surface area contributed by atoms with E-state index >= 15 is 0 Å². The molecule has 0 aromatic carbocycles. The zero-order chi connectivity index (χ0) is 13.8. The molecule has 1 heterocycles. The highest BCUT2D eigenvalue weighted by Crippen LogP contribution is 2.17. The van der Waals surface area contributed by atoms with Crippen LogP contribution in [-0.2, 0) is 9.53 Å². The molecule has 5 nitrogen and oxygen atoms in total. The van der Waals surface area contributed by atoms with Crippen LogP contribution in [-0.4, -0.2) is 72.9 Å². The lowest BCUT2D eigenvalue weighted by Crippen LogP contribution is -2.51. The molecule has 1 fully saturated rings. The molecule has 0 radical (unpaired) electrons. The molecule has 1 aliphatic heterocycles. The first kappa shape index (κ1) is 15.4. The van der Waals surface area contributed by atoms with Gasteiger partial charge in [-0.05, 0) is 39.9 Å². The van der Waals surface area contributed by atoms with Crippen molar-refractivity contribution in [3.05, 3.63) is 0 Å². The number of carbonyl (C=O) groups excluding carboxylic acids is 1. The van der Waals surface area contributed by atoms with Crippen molar-refractivity contribution in [3.63, 3.8) is 0 Å². The Bertz CT molecular complexity index is 281. The second-order valence-corrected chi connectivity index (χ2v) is 5.41. The van der Waals surface area contributed by atoms with E-state index in [2.05, 4.69) is 28.5 Å². The maximum atomic E-state index is 11.5. The molecule has 1 aliphatic rings. The lowest BCUT2D eigenvalue weighted by molar-refractivity contribution is -0.162. The van der Waals surface area contributed by atoms with Crippen LogP contribution in [0.15, 0.2) is 0 Å². The summed E-state index contributed by atoms with van der Waals surface area (Å²) in [7, 11) is 3.43. The summed E-state index contributed by atoms with van der Waals surface area (Å²) < 4.78 is 4.65. The molecule has 18 heavy (non-hydrogen) atoms. The van der Waals surface area contributed by atoms with E-state index in [9.17, 15) is 9.90 Å². The van der Waals surface area contributed by atoms with Crippen molar-refractivity contribution in [2.75, 3.05) is 40.3 Å². The molecule has 0 spiro atoms. The Labute approximate surface area is 110 Å². The molecule has 5 heteroatoms. The second kappa shape index (κ2) is 6.50. The number of hydrogen-bond acceptors (Lipinski definition) is 5. The second-order valence-electron chi connectivity index (χ2n) is 5.41. The highest BCUT2D eigenvalue weighted by Gasteiger charge is 2.36. The number of aliphatic hydroxyl groups is 1. The molecule has 0 aromatic rings. The normalized spacial score (nSPS) is 26.4. The molecule has 2 atom stereocenters. The van der Waals surface area contributed by atoms with Crippen LogP contribution in [0.1, 0.15) is 26.7 Å². The zero-order valence-electron chi connectivity index (χ0n) is 12.0. The Hall–Kier alpha value is -0.650. The molecule has 1 N–H and O–H groups in total. The van der Waals surface area contributed by atoms with E-state index in [0.717, 1.165) is 32.5 Å². The van der Waals surface area contributed by atoms with Gasteiger partial charge in [0.15, 0.2) is 5.60 Å². The molecular weight excluding hydrogens is 232 g/mol. The minimum atomic E-state index is -1.43. The molecule has 1 rings (SSSR count). The van der Waals surface area contributed by atoms with Gasteiger partial charge in [-0.2, -0.15) is 0 Å². The summed E-state index contributed by atoms with van der Waals surface area (Å²) in [5, 5.41) is 10.2. The molecule has 2 unspecified atom stereocenters. The van der Waals surface area contributed by atoms with Gasteiger partial charge in [-0.3, -0.25) is 4.90 Å². The van der Waals surface area contributed by atoms with Crippen LogP contribution in [0.4, 0.5) is 0 Å². The highest BCUT2D eigenvalue weighted by atomic mass is 16.5. The fraction of sp³-hybridized carbons (Fsp3) is 0.923. The molecule has 1 saturated heterocycles. The first-order chi connectivity index (χ1) is 8.40. The van der Waals surface area contributed by atoms with E-state index in [1.165, 1.54) is 14.0 Å². The topological polar surface area (TPSA) is 53.0 Å². The van der Waals surface area contributed by atoms with Crippen LogP contribution in [0.2, 0.25) is 0 Å². The Balaban J connectivity index is 2.70. The first-order valence-corrected chi connectivity index (χ1v) is 6.64. The van der Waals surface area contributed by atoms with E-state index in [1.807, 2.05) is 0 Å². The van der Waals surface area contributed by atoms with Gasteiger partial charge in [-0.25, -0.2) is 4.79 Å². The lowest BCUT2D eigenvalue weighted by atomic mass is 10.0. The van der Waals surface area contributed by atoms with Gasteiger partial charge in [-0.1, -0.05) is 6.92 Å². The SMILES string of the molecule is CCC1CN(C)CCCN1CC(C)(O)C(=O)OC. The summed E-state index contributed by atoms with van der Waals surface area (Å²) in [4.78, 5) is 16.1. The number of rotatable bonds is 4. The van der Waals surface area contributed by atoms with E-state index in [4.69, 9.17) is 0 Å². The fourth-order valence-corrected chi connectivity index (χ4v) is 2.57. The summed E-state index contributed by atoms with van der Waals surface area (Å²) in [5.74, 6) is -0.560. The largest absolute Gasteiger partial charge is 0.467 e. The molecule has 0 bridgehead atoms. The van der Waals surface area contributed by atoms with Crippen LogP contribution in [0.3, 0.4) is 0 Å². The third-order valence-corrected chi connectivity index (χ3v) is 3.63. The fourth-order valence-electron chi connectivity index (χ4n) is 2.57. The molecule has 106 valence electrons. The maximum absolute atomic E-state index is 11.5. The van der Waals surface area contributed by atoms with Crippen molar-refractivity contribution in [2.45, 2.75) is 38.3 Å². The quantitative estimate of drug-likeness (QED) is 0.736. The highest BCUT2D eigenvalue weighted by molar-refractivity contribution is 5.78. The Morgan fingerprint density at radius 2 is 2.17 bits per heavy atom. The standard InChI is InChI=1S/C13H26N2O3/c1-5-11-9-14(3)7-6-8-15(11)10-13(2,17)12(16)18-4/h11,17H,5-10H2,1-4H3. The Morgan fingerprint density at radius 1 is 1.50 bits per heavy atom. The van der Waals surface area contributed by atoms with Crippen LogP contribution >= 0.6 is 0 Å². The average Bonchev–Trinajstić information content (AvgIpc) is 2.49. The summed E-state index contributed by atoms with van der Waals surface area (Å²) in [6.07, 6.45) is 2.08. The number of esters is 1. The van der Waals surface area contributed by atoms with E-state index in [1.54, 1.807) is 0 Å². The van der Waals surface area contributed by atoms with Crippen molar-refractivity contribution in [2.24, 2.45) is 0 Å². The van der Waals surface area contributed by atoms with E-state index in [0.29, 0.717) is 12.6 Å². The van der Waals surface area contributed by atoms with Gasteiger partial charge in [0.1, 0.15) is 0 Å². The summed E-state index contributed by atoms with van der Waals surface area (Å²) in [6, 6.07) is 0.383. The molecule has 0 amide bonds. The monoisotopic (exact) mass is 258 g/mol. The van der Waals surface area contributed by atoms with Crippen LogP contribution in [0, 0.1) is 0 Å². The molecule has 0 aliphatic carbocycles. The van der Waals surface area contributed by atoms with Crippen LogP contribution in [0.25, 0.3) is 0 Å². The predicted molar refractivity (Wildman–Crippen MR) is 70.4 cm³/mol. The van der Waals surface area contributed by atoms with E-state index < -0.39 is 11.6 Å². The number of likely N-dealkylation sites (N-methyl/N-ethyl adjacent to an activating group) is 1. The van der Waals surface area contributed by atoms with Gasteiger partial charge in [0.25, 0.3) is 0 Å². The Morgan fingerprint density at radius 3 is 2.72 bits per heavy atom. The van der Waals surface area contributed by atoms with Crippen molar-refractivity contribution >= 4 is 5.97 Å². The minimum Gasteiger partial charge on any atom is -0.467 e. The minimum absolute atomic E-state index is 0.339. The molecule has 0 saturated carbocycles. The van der Waals surface area contributed by atoms with Crippen LogP contribution in [0.5, 0.6) is 0 Å². The number of carbonyl (C=O) groups is 1. The number of nitrogens with zero attached hydrogens (tertiary/aromatic N) is 2. The predicted octanol–water partition coefficient (Wildman–Crippen LogP) is 0.327. The van der Waals surface area contributed by atoms with Crippen molar-refractivity contribution < 1.29 is 14.6 Å². The lowest BCUT2D eigenvalue weighted by Gasteiger charge is -2.34. The smallest absolute Gasteiger partial charge is 0.338 e. The maximum Gasteiger partial charge on any atom is 0.338 e. The van der Waals surface area contributed by atoms with Gasteiger partial charge in [0.2, 0.25) is 0 Å². The number of ether oxygens (including phenoxy) is 1. The first-order valence-electron chi connectivity index (χ1n) is 6.64. The molecule has 0 aromatic heterocycles. The summed E-state index contributed by atoms with van der Waals surface area (Å²) in [6.45, 7) is 6.97. The van der Waals surface area contributed by atoms with Crippen molar-refractivity contribution in [1.82, 2.24) is 9.80 Å². The zero-order valence-corrected chi connectivity index (χ0v) is 12.0. The summed E-state index contributed by atoms with van der Waals surface area (Å²) in [5.41, 5.74) is -1.43. The van der Waals surface area contributed by atoms with Gasteiger partial charge < -0.3 is 14.7 Å². The van der Waals surface area contributed by atoms with Crippen molar-refractivity contribution in [1.29, 1.82) is 0 Å². The number of hydrogen-bond donors (Lipinski definition) is 1. The number of β-amino-alcohol motifs (C(OH)–C–C–N with tert-alkyl or cyclic N) is 1. The third-order valence-electron chi connectivity index (χ3n) is 3.63. The van der Waals surface area contributed by atoms with E-state index in [-0.39, 0.29) is 0 Å².